The van der Waals surface area contributed by atoms with Gasteiger partial charge in [-0.3, -0.25) is 0 Å². The molecule has 4 fully saturated rings. The molecule has 1 N–H and O–H groups in total. The predicted molar refractivity (Wildman–Crippen MR) is 119 cm³/mol. The Hall–Kier alpha value is -0.610. The third-order valence-corrected chi connectivity index (χ3v) is 9.81. The van der Waals surface area contributed by atoms with Crippen LogP contribution in [0.5, 0.6) is 0 Å². The highest BCUT2D eigenvalue weighted by Crippen LogP contribution is 2.66. The van der Waals surface area contributed by atoms with Crippen LogP contribution in [-0.2, 0) is 4.84 Å². The van der Waals surface area contributed by atoms with Crippen LogP contribution in [0, 0.1) is 40.4 Å². The summed E-state index contributed by atoms with van der Waals surface area (Å²) < 4.78 is 0. The topological polar surface area (TPSA) is 45.1 Å². The zero-order chi connectivity index (χ0) is 20.6. The fourth-order valence-corrected chi connectivity index (χ4v) is 8.17. The highest BCUT2D eigenvalue weighted by molar-refractivity contribution is 5.56. The SMILES string of the molecule is CN(C)CCON=CCC1C[C@@]2(C)[C@H](CC[C@H]3[C@@H]4CCC[C@@]4(C)CC[C@@H]32)C[C@H]1O. The number of hydrogen-bond acceptors (Lipinski definition) is 4. The Morgan fingerprint density at radius 1 is 1.10 bits per heavy atom. The van der Waals surface area contributed by atoms with Crippen LogP contribution in [0.25, 0.3) is 0 Å². The van der Waals surface area contributed by atoms with Crippen molar-refractivity contribution in [2.75, 3.05) is 27.2 Å². The number of nitrogens with zero attached hydrogens (tertiary/aromatic N) is 2. The molecular formula is C25H44N2O2. The quantitative estimate of drug-likeness (QED) is 0.387. The van der Waals surface area contributed by atoms with E-state index in [4.69, 9.17) is 4.84 Å². The molecule has 0 aromatic carbocycles. The molecule has 29 heavy (non-hydrogen) atoms. The lowest BCUT2D eigenvalue weighted by molar-refractivity contribution is -0.137. The molecule has 0 saturated heterocycles. The largest absolute Gasteiger partial charge is 0.395 e. The van der Waals surface area contributed by atoms with Crippen molar-refractivity contribution < 1.29 is 9.94 Å². The van der Waals surface area contributed by atoms with Crippen molar-refractivity contribution in [2.45, 2.75) is 84.2 Å². The van der Waals surface area contributed by atoms with Crippen molar-refractivity contribution >= 4 is 6.21 Å². The summed E-state index contributed by atoms with van der Waals surface area (Å²) in [5.74, 6) is 3.84. The van der Waals surface area contributed by atoms with Crippen LogP contribution in [0.15, 0.2) is 5.16 Å². The smallest absolute Gasteiger partial charge is 0.129 e. The molecule has 4 aliphatic rings. The molecule has 4 rings (SSSR count). The number of aliphatic hydroxyl groups is 1. The molecule has 0 amide bonds. The van der Waals surface area contributed by atoms with E-state index < -0.39 is 0 Å². The fraction of sp³-hybridized carbons (Fsp3) is 0.960. The van der Waals surface area contributed by atoms with Gasteiger partial charge in [0.2, 0.25) is 0 Å². The van der Waals surface area contributed by atoms with Gasteiger partial charge in [0.1, 0.15) is 6.61 Å². The average Bonchev–Trinajstić information content (AvgIpc) is 3.07. The summed E-state index contributed by atoms with van der Waals surface area (Å²) in [6.45, 7) is 6.69. The van der Waals surface area contributed by atoms with E-state index in [1.165, 1.54) is 51.4 Å². The first-order valence-electron chi connectivity index (χ1n) is 12.3. The van der Waals surface area contributed by atoms with Crippen molar-refractivity contribution in [2.24, 2.45) is 45.6 Å². The molecule has 1 unspecified atom stereocenters. The summed E-state index contributed by atoms with van der Waals surface area (Å²) >= 11 is 0. The first-order chi connectivity index (χ1) is 13.8. The van der Waals surface area contributed by atoms with Crippen molar-refractivity contribution in [1.82, 2.24) is 4.90 Å². The van der Waals surface area contributed by atoms with Crippen molar-refractivity contribution in [3.63, 3.8) is 0 Å². The van der Waals surface area contributed by atoms with E-state index in [1.807, 2.05) is 20.3 Å². The molecule has 166 valence electrons. The van der Waals surface area contributed by atoms with Gasteiger partial charge in [-0.25, -0.2) is 0 Å². The Kier molecular flexibility index (Phi) is 6.33. The molecule has 0 bridgehead atoms. The highest BCUT2D eigenvalue weighted by atomic mass is 16.6. The second-order valence-corrected chi connectivity index (χ2v) is 11.7. The van der Waals surface area contributed by atoms with Crippen LogP contribution < -0.4 is 0 Å². The fourth-order valence-electron chi connectivity index (χ4n) is 8.17. The molecular weight excluding hydrogens is 360 g/mol. The van der Waals surface area contributed by atoms with Gasteiger partial charge in [-0.05, 0) is 112 Å². The van der Waals surface area contributed by atoms with E-state index in [9.17, 15) is 5.11 Å². The number of fused-ring (bicyclic) bond motifs is 5. The van der Waals surface area contributed by atoms with Crippen LogP contribution in [0.1, 0.15) is 78.1 Å². The van der Waals surface area contributed by atoms with E-state index in [2.05, 4.69) is 23.9 Å². The minimum absolute atomic E-state index is 0.168. The van der Waals surface area contributed by atoms with E-state index in [0.717, 1.165) is 37.1 Å². The maximum atomic E-state index is 10.9. The summed E-state index contributed by atoms with van der Waals surface area (Å²) in [6.07, 6.45) is 14.8. The maximum Gasteiger partial charge on any atom is 0.129 e. The summed E-state index contributed by atoms with van der Waals surface area (Å²) in [6, 6.07) is 0. The van der Waals surface area contributed by atoms with Crippen molar-refractivity contribution in [3.05, 3.63) is 0 Å². The lowest BCUT2D eigenvalue weighted by atomic mass is 9.44. The van der Waals surface area contributed by atoms with E-state index in [0.29, 0.717) is 29.3 Å². The van der Waals surface area contributed by atoms with E-state index >= 15 is 0 Å². The number of hydrogen-bond donors (Lipinski definition) is 1. The highest BCUT2D eigenvalue weighted by Gasteiger charge is 2.58. The van der Waals surface area contributed by atoms with Crippen molar-refractivity contribution in [1.29, 1.82) is 0 Å². The van der Waals surface area contributed by atoms with Gasteiger partial charge >= 0.3 is 0 Å². The Labute approximate surface area is 178 Å². The summed E-state index contributed by atoms with van der Waals surface area (Å²) in [4.78, 5) is 7.49. The van der Waals surface area contributed by atoms with Gasteiger partial charge in [0.05, 0.1) is 6.10 Å². The molecule has 0 spiro atoms. The Bertz CT molecular complexity index is 593. The molecule has 0 aromatic rings. The molecule has 0 heterocycles. The monoisotopic (exact) mass is 404 g/mol. The van der Waals surface area contributed by atoms with E-state index in [-0.39, 0.29) is 6.10 Å². The second kappa shape index (κ2) is 8.49. The van der Waals surface area contributed by atoms with Gasteiger partial charge in [0.25, 0.3) is 0 Å². The average molecular weight is 405 g/mol. The van der Waals surface area contributed by atoms with Gasteiger partial charge in [-0.15, -0.1) is 0 Å². The summed E-state index contributed by atoms with van der Waals surface area (Å²) in [7, 11) is 4.08. The molecule has 0 aromatic heterocycles. The summed E-state index contributed by atoms with van der Waals surface area (Å²) in [5, 5.41) is 15.0. The third-order valence-electron chi connectivity index (χ3n) is 9.81. The maximum absolute atomic E-state index is 10.9. The molecule has 4 saturated carbocycles. The van der Waals surface area contributed by atoms with Gasteiger partial charge in [-0.2, -0.15) is 0 Å². The minimum Gasteiger partial charge on any atom is -0.395 e. The van der Waals surface area contributed by atoms with Crippen LogP contribution >= 0.6 is 0 Å². The molecule has 8 atom stereocenters. The van der Waals surface area contributed by atoms with Crippen LogP contribution in [-0.4, -0.2) is 49.6 Å². The summed E-state index contributed by atoms with van der Waals surface area (Å²) in [5.41, 5.74) is 1.05. The predicted octanol–water partition coefficient (Wildman–Crippen LogP) is 4.96. The zero-order valence-electron chi connectivity index (χ0n) is 19.3. The molecule has 4 heteroatoms. The molecule has 0 aliphatic heterocycles. The van der Waals surface area contributed by atoms with Crippen molar-refractivity contribution in [3.8, 4) is 0 Å². The standard InChI is InChI=1S/C25H44N2O2/c1-24-11-5-6-21(24)20-8-7-19-16-23(28)18(10-13-26-29-15-14-27(3)4)17-25(19,2)22(20)9-12-24/h13,18-23,28H,5-12,14-17H2,1-4H3/t18?,19-,20+,21+,22+,23-,24+,25+/m1/s1. The van der Waals surface area contributed by atoms with Crippen LogP contribution in [0.3, 0.4) is 0 Å². The third kappa shape index (κ3) is 4.13. The zero-order valence-corrected chi connectivity index (χ0v) is 19.3. The molecule has 4 aliphatic carbocycles. The van der Waals surface area contributed by atoms with Crippen LogP contribution in [0.2, 0.25) is 0 Å². The Balaban J connectivity index is 1.40. The van der Waals surface area contributed by atoms with Gasteiger partial charge in [-0.1, -0.05) is 25.4 Å². The number of oxime groups is 1. The van der Waals surface area contributed by atoms with Gasteiger partial charge in [0.15, 0.2) is 0 Å². The number of rotatable bonds is 6. The lowest BCUT2D eigenvalue weighted by Crippen LogP contribution is -2.55. The molecule has 0 radical (unpaired) electrons. The number of aliphatic hydroxyl groups excluding tert-OH is 1. The first kappa shape index (κ1) is 21.6. The Morgan fingerprint density at radius 2 is 1.93 bits per heavy atom. The number of likely N-dealkylation sites (N-methyl/N-ethyl adjacent to an activating group) is 1. The van der Waals surface area contributed by atoms with Crippen LogP contribution in [0.4, 0.5) is 0 Å². The molecule has 4 nitrogen and oxygen atoms in total. The first-order valence-corrected chi connectivity index (χ1v) is 12.3. The normalized spacial score (nSPS) is 47.1. The lowest BCUT2D eigenvalue weighted by Gasteiger charge is -2.61. The Morgan fingerprint density at radius 3 is 2.72 bits per heavy atom. The minimum atomic E-state index is -0.168. The second-order valence-electron chi connectivity index (χ2n) is 11.7. The van der Waals surface area contributed by atoms with Gasteiger partial charge in [0, 0.05) is 12.8 Å². The van der Waals surface area contributed by atoms with E-state index in [1.54, 1.807) is 0 Å². The van der Waals surface area contributed by atoms with Gasteiger partial charge < -0.3 is 14.8 Å².